The van der Waals surface area contributed by atoms with Crippen LogP contribution in [0.4, 0.5) is 0 Å². The molecular formula is C14H27Cl. The highest BCUT2D eigenvalue weighted by atomic mass is 35.5. The van der Waals surface area contributed by atoms with E-state index in [1.807, 2.05) is 6.08 Å². The van der Waals surface area contributed by atoms with Crippen molar-refractivity contribution in [3.63, 3.8) is 0 Å². The lowest BCUT2D eigenvalue weighted by Crippen LogP contribution is -2.28. The molecule has 0 amide bonds. The molecule has 0 fully saturated rings. The summed E-state index contributed by atoms with van der Waals surface area (Å²) in [6, 6.07) is 0. The van der Waals surface area contributed by atoms with Crippen molar-refractivity contribution >= 4 is 11.6 Å². The van der Waals surface area contributed by atoms with Crippen LogP contribution in [0.3, 0.4) is 0 Å². The van der Waals surface area contributed by atoms with Crippen LogP contribution < -0.4 is 0 Å². The normalized spacial score (nSPS) is 14.1. The lowest BCUT2D eigenvalue weighted by Gasteiger charge is -2.37. The molecule has 0 unspecified atom stereocenters. The van der Waals surface area contributed by atoms with E-state index in [1.54, 1.807) is 0 Å². The summed E-state index contributed by atoms with van der Waals surface area (Å²) < 4.78 is 0. The second-order valence-electron chi connectivity index (χ2n) is 6.89. The molecule has 0 N–H and O–H groups in total. The van der Waals surface area contributed by atoms with Gasteiger partial charge in [-0.25, -0.2) is 0 Å². The van der Waals surface area contributed by atoms with Gasteiger partial charge in [0.05, 0.1) is 0 Å². The van der Waals surface area contributed by atoms with Crippen molar-refractivity contribution in [1.82, 2.24) is 0 Å². The highest BCUT2D eigenvalue weighted by Gasteiger charge is 2.32. The number of allylic oxidation sites excluding steroid dienone is 1. The summed E-state index contributed by atoms with van der Waals surface area (Å²) in [6.07, 6.45) is 5.31. The second-order valence-corrected chi connectivity index (χ2v) is 7.92. The predicted octanol–water partition coefficient (Wildman–Crippen LogP) is 5.41. The van der Waals surface area contributed by atoms with Gasteiger partial charge < -0.3 is 0 Å². The predicted molar refractivity (Wildman–Crippen MR) is 71.5 cm³/mol. The van der Waals surface area contributed by atoms with Gasteiger partial charge in [0.2, 0.25) is 0 Å². The maximum atomic E-state index is 6.30. The van der Waals surface area contributed by atoms with Gasteiger partial charge in [0.25, 0.3) is 0 Å². The Hall–Kier alpha value is 0.0300. The summed E-state index contributed by atoms with van der Waals surface area (Å²) >= 11 is 6.30. The summed E-state index contributed by atoms with van der Waals surface area (Å²) in [7, 11) is 0. The van der Waals surface area contributed by atoms with Crippen LogP contribution in [0.25, 0.3) is 0 Å². The van der Waals surface area contributed by atoms with Gasteiger partial charge in [0.15, 0.2) is 0 Å². The number of rotatable bonds is 6. The van der Waals surface area contributed by atoms with E-state index in [1.165, 1.54) is 6.42 Å². The molecule has 0 rings (SSSR count). The van der Waals surface area contributed by atoms with E-state index in [0.717, 1.165) is 12.8 Å². The van der Waals surface area contributed by atoms with Crippen molar-refractivity contribution in [2.24, 2.45) is 10.8 Å². The van der Waals surface area contributed by atoms with Gasteiger partial charge in [0, 0.05) is 4.87 Å². The molecule has 0 atom stereocenters. The maximum Gasteiger partial charge on any atom is 0.0395 e. The van der Waals surface area contributed by atoms with E-state index in [4.69, 9.17) is 11.6 Å². The van der Waals surface area contributed by atoms with Gasteiger partial charge in [-0.2, -0.15) is 0 Å². The maximum absolute atomic E-state index is 6.30. The van der Waals surface area contributed by atoms with E-state index in [-0.39, 0.29) is 10.3 Å². The Morgan fingerprint density at radius 2 is 1.40 bits per heavy atom. The van der Waals surface area contributed by atoms with Gasteiger partial charge in [-0.1, -0.05) is 33.8 Å². The Balaban J connectivity index is 4.42. The average molecular weight is 231 g/mol. The highest BCUT2D eigenvalue weighted by molar-refractivity contribution is 6.23. The zero-order valence-electron chi connectivity index (χ0n) is 11.3. The van der Waals surface area contributed by atoms with Crippen LogP contribution in [0.2, 0.25) is 0 Å². The monoisotopic (exact) mass is 230 g/mol. The molecule has 1 heteroatoms. The molecule has 0 spiro atoms. The molecule has 0 saturated carbocycles. The van der Waals surface area contributed by atoms with Gasteiger partial charge in [-0.15, -0.1) is 18.2 Å². The van der Waals surface area contributed by atoms with Gasteiger partial charge >= 0.3 is 0 Å². The standard InChI is InChI=1S/C14H27Cl/c1-8-9-12(2,3)10-13(4,5)11-14(6,7)15/h8H,1,9-11H2,2-7H3. The molecule has 0 heterocycles. The zero-order valence-corrected chi connectivity index (χ0v) is 12.0. The topological polar surface area (TPSA) is 0 Å². The van der Waals surface area contributed by atoms with Crippen LogP contribution >= 0.6 is 11.6 Å². The van der Waals surface area contributed by atoms with Crippen LogP contribution in [0.15, 0.2) is 12.7 Å². The summed E-state index contributed by atoms with van der Waals surface area (Å²) in [5, 5.41) is 0. The lowest BCUT2D eigenvalue weighted by molar-refractivity contribution is 0.172. The first kappa shape index (κ1) is 15.0. The molecule has 0 bridgehead atoms. The number of hydrogen-bond donors (Lipinski definition) is 0. The van der Waals surface area contributed by atoms with Gasteiger partial charge in [-0.3, -0.25) is 0 Å². The fourth-order valence-electron chi connectivity index (χ4n) is 2.96. The van der Waals surface area contributed by atoms with Crippen molar-refractivity contribution in [3.8, 4) is 0 Å². The van der Waals surface area contributed by atoms with Gasteiger partial charge in [0.1, 0.15) is 0 Å². The highest BCUT2D eigenvalue weighted by Crippen LogP contribution is 2.42. The molecule has 0 radical (unpaired) electrons. The van der Waals surface area contributed by atoms with Gasteiger partial charge in [-0.05, 0) is 43.9 Å². The van der Waals surface area contributed by atoms with Crippen LogP contribution in [0.5, 0.6) is 0 Å². The second kappa shape index (κ2) is 4.91. The van der Waals surface area contributed by atoms with Crippen LogP contribution in [-0.4, -0.2) is 4.87 Å². The fourth-order valence-corrected chi connectivity index (χ4v) is 3.32. The summed E-state index contributed by atoms with van der Waals surface area (Å²) in [6.45, 7) is 17.2. The van der Waals surface area contributed by atoms with Crippen LogP contribution in [-0.2, 0) is 0 Å². The van der Waals surface area contributed by atoms with Crippen LogP contribution in [0.1, 0.15) is 60.8 Å². The molecule has 0 nitrogen and oxygen atoms in total. The van der Waals surface area contributed by atoms with E-state index in [9.17, 15) is 0 Å². The molecule has 90 valence electrons. The molecule has 0 aromatic heterocycles. The molecule has 0 aliphatic rings. The summed E-state index contributed by atoms with van der Waals surface area (Å²) in [4.78, 5) is -0.103. The quantitative estimate of drug-likeness (QED) is 0.423. The Morgan fingerprint density at radius 3 is 1.73 bits per heavy atom. The third-order valence-electron chi connectivity index (χ3n) is 2.55. The van der Waals surface area contributed by atoms with Crippen LogP contribution in [0, 0.1) is 10.8 Å². The molecule has 0 saturated heterocycles. The number of alkyl halides is 1. The van der Waals surface area contributed by atoms with E-state index >= 15 is 0 Å². The van der Waals surface area contributed by atoms with Crippen molar-refractivity contribution in [2.75, 3.05) is 0 Å². The smallest absolute Gasteiger partial charge is 0.0395 e. The third-order valence-corrected chi connectivity index (χ3v) is 2.69. The Kier molecular flexibility index (Phi) is 4.92. The molecule has 15 heavy (non-hydrogen) atoms. The SMILES string of the molecule is C=CCC(C)(C)CC(C)(C)CC(C)(C)Cl. The Bertz CT molecular complexity index is 206. The first-order valence-corrected chi connectivity index (χ1v) is 6.15. The number of hydrogen-bond acceptors (Lipinski definition) is 0. The number of halogens is 1. The summed E-state index contributed by atoms with van der Waals surface area (Å²) in [5.74, 6) is 0. The summed E-state index contributed by atoms with van der Waals surface area (Å²) in [5.41, 5.74) is 0.616. The molecular weight excluding hydrogens is 204 g/mol. The van der Waals surface area contributed by atoms with E-state index < -0.39 is 0 Å². The zero-order chi connectivity index (χ0) is 12.3. The average Bonchev–Trinajstić information content (AvgIpc) is 1.74. The molecule has 0 aromatic carbocycles. The minimum absolute atomic E-state index is 0.103. The Morgan fingerprint density at radius 1 is 0.933 bits per heavy atom. The largest absolute Gasteiger partial charge is 0.120 e. The minimum Gasteiger partial charge on any atom is -0.120 e. The van der Waals surface area contributed by atoms with E-state index in [2.05, 4.69) is 48.1 Å². The van der Waals surface area contributed by atoms with Crippen molar-refractivity contribution < 1.29 is 0 Å². The third kappa shape index (κ3) is 7.90. The van der Waals surface area contributed by atoms with Crippen molar-refractivity contribution in [1.29, 1.82) is 0 Å². The van der Waals surface area contributed by atoms with E-state index in [0.29, 0.717) is 5.41 Å². The first-order chi connectivity index (χ1) is 6.47. The molecule has 0 aromatic rings. The molecule has 0 aliphatic heterocycles. The first-order valence-electron chi connectivity index (χ1n) is 5.77. The molecule has 0 aliphatic carbocycles. The fraction of sp³-hybridized carbons (Fsp3) is 0.857. The Labute approximate surface area is 101 Å². The van der Waals surface area contributed by atoms with Crippen molar-refractivity contribution in [2.45, 2.75) is 65.7 Å². The minimum atomic E-state index is -0.103. The lowest BCUT2D eigenvalue weighted by atomic mass is 9.70. The van der Waals surface area contributed by atoms with Crippen molar-refractivity contribution in [3.05, 3.63) is 12.7 Å².